The first-order valence-corrected chi connectivity index (χ1v) is 5.42. The Morgan fingerprint density at radius 2 is 2.24 bits per heavy atom. The first-order chi connectivity index (χ1) is 8.00. The molecule has 0 bridgehead atoms. The smallest absolute Gasteiger partial charge is 0.249 e. The van der Waals surface area contributed by atoms with E-state index in [0.717, 1.165) is 16.5 Å². The quantitative estimate of drug-likeness (QED) is 0.738. The minimum Gasteiger partial charge on any atom is -0.380 e. The number of fused-ring (bicyclic) bond motifs is 1. The lowest BCUT2D eigenvalue weighted by Gasteiger charge is -2.17. The molecule has 1 amide bonds. The van der Waals surface area contributed by atoms with Gasteiger partial charge < -0.3 is 15.8 Å². The molecule has 1 radical (unpaired) electrons. The van der Waals surface area contributed by atoms with Gasteiger partial charge in [0.15, 0.2) is 0 Å². The van der Waals surface area contributed by atoms with Crippen molar-refractivity contribution >= 4 is 16.8 Å². The predicted molar refractivity (Wildman–Crippen MR) is 66.1 cm³/mol. The van der Waals surface area contributed by atoms with Crippen LogP contribution in [0.4, 0.5) is 0 Å². The fourth-order valence-corrected chi connectivity index (χ4v) is 1.71. The van der Waals surface area contributed by atoms with Gasteiger partial charge in [0.2, 0.25) is 5.91 Å². The van der Waals surface area contributed by atoms with Crippen molar-refractivity contribution in [2.45, 2.75) is 18.9 Å². The molecular weight excluding hydrogens is 216 g/mol. The van der Waals surface area contributed by atoms with Crippen LogP contribution in [0.3, 0.4) is 0 Å². The molecule has 0 aliphatic heterocycles. The van der Waals surface area contributed by atoms with E-state index in [-0.39, 0.29) is 0 Å². The number of nitrogens with two attached hydrogens (primary N) is 1. The Balaban J connectivity index is 2.17. The van der Waals surface area contributed by atoms with Gasteiger partial charge in [-0.05, 0) is 25.0 Å². The van der Waals surface area contributed by atoms with Gasteiger partial charge in [-0.1, -0.05) is 18.2 Å². The second kappa shape index (κ2) is 4.22. The van der Waals surface area contributed by atoms with Crippen LogP contribution in [0.5, 0.6) is 0 Å². The number of carbonyl (C=O) groups excluding carboxylic acids is 1. The lowest BCUT2D eigenvalue weighted by atomic mass is 9.96. The van der Waals surface area contributed by atoms with Gasteiger partial charge in [-0.25, -0.2) is 0 Å². The summed E-state index contributed by atoms with van der Waals surface area (Å²) in [4.78, 5) is 14.1. The molecule has 2 rings (SSSR count). The molecule has 0 aliphatic carbocycles. The first kappa shape index (κ1) is 11.7. The topological polar surface area (TPSA) is 79.1 Å². The van der Waals surface area contributed by atoms with Crippen molar-refractivity contribution in [1.29, 1.82) is 0 Å². The fourth-order valence-electron chi connectivity index (χ4n) is 1.71. The van der Waals surface area contributed by atoms with E-state index in [4.69, 9.17) is 5.73 Å². The summed E-state index contributed by atoms with van der Waals surface area (Å²) in [5, 5.41) is 10.8. The summed E-state index contributed by atoms with van der Waals surface area (Å²) in [6, 6.07) is 7.87. The maximum Gasteiger partial charge on any atom is 0.249 e. The first-order valence-electron chi connectivity index (χ1n) is 5.42. The SMILES string of the molecule is C[C@@](O)([CH]Cc1c[nH]c2ccccc12)C(N)=O. The second-order valence-corrected chi connectivity index (χ2v) is 4.28. The Labute approximate surface area is 99.4 Å². The van der Waals surface area contributed by atoms with Gasteiger partial charge in [0.1, 0.15) is 5.60 Å². The monoisotopic (exact) mass is 231 g/mol. The molecular formula is C13H15N2O2. The van der Waals surface area contributed by atoms with E-state index in [1.165, 1.54) is 13.3 Å². The van der Waals surface area contributed by atoms with Gasteiger partial charge in [0.05, 0.1) is 0 Å². The Morgan fingerprint density at radius 3 is 2.94 bits per heavy atom. The second-order valence-electron chi connectivity index (χ2n) is 4.28. The number of rotatable bonds is 4. The molecule has 1 heterocycles. The number of primary amides is 1. The van der Waals surface area contributed by atoms with Crippen molar-refractivity contribution in [2.24, 2.45) is 5.73 Å². The third kappa shape index (κ3) is 2.31. The summed E-state index contributed by atoms with van der Waals surface area (Å²) in [7, 11) is 0. The van der Waals surface area contributed by atoms with E-state index >= 15 is 0 Å². The Morgan fingerprint density at radius 1 is 1.53 bits per heavy atom. The zero-order valence-corrected chi connectivity index (χ0v) is 9.60. The number of para-hydroxylation sites is 1. The lowest BCUT2D eigenvalue weighted by molar-refractivity contribution is -0.131. The van der Waals surface area contributed by atoms with Crippen LogP contribution in [0, 0.1) is 6.42 Å². The van der Waals surface area contributed by atoms with E-state index in [1.54, 1.807) is 0 Å². The number of hydrogen-bond acceptors (Lipinski definition) is 2. The Bertz CT molecular complexity index is 543. The van der Waals surface area contributed by atoms with Gasteiger partial charge >= 0.3 is 0 Å². The van der Waals surface area contributed by atoms with Crippen LogP contribution in [0.2, 0.25) is 0 Å². The summed E-state index contributed by atoms with van der Waals surface area (Å²) >= 11 is 0. The molecule has 1 aromatic carbocycles. The Kier molecular flexibility index (Phi) is 2.90. The highest BCUT2D eigenvalue weighted by molar-refractivity contribution is 5.85. The molecule has 1 aromatic heterocycles. The summed E-state index contributed by atoms with van der Waals surface area (Å²) in [5.74, 6) is -0.739. The zero-order chi connectivity index (χ0) is 12.5. The summed E-state index contributed by atoms with van der Waals surface area (Å²) < 4.78 is 0. The van der Waals surface area contributed by atoms with Crippen molar-refractivity contribution in [3.63, 3.8) is 0 Å². The average molecular weight is 231 g/mol. The lowest BCUT2D eigenvalue weighted by Crippen LogP contribution is -2.41. The maximum absolute atomic E-state index is 11.0. The zero-order valence-electron chi connectivity index (χ0n) is 9.60. The highest BCUT2D eigenvalue weighted by atomic mass is 16.3. The van der Waals surface area contributed by atoms with E-state index < -0.39 is 11.5 Å². The molecule has 4 N–H and O–H groups in total. The third-order valence-electron chi connectivity index (χ3n) is 2.89. The van der Waals surface area contributed by atoms with Crippen LogP contribution >= 0.6 is 0 Å². The normalized spacial score (nSPS) is 14.7. The number of amides is 1. The van der Waals surface area contributed by atoms with E-state index in [1.807, 2.05) is 30.5 Å². The fraction of sp³-hybridized carbons (Fsp3) is 0.231. The summed E-state index contributed by atoms with van der Waals surface area (Å²) in [5.41, 5.74) is 5.59. The Hall–Kier alpha value is -1.81. The molecule has 0 saturated carbocycles. The van der Waals surface area contributed by atoms with Crippen molar-refractivity contribution in [3.8, 4) is 0 Å². The van der Waals surface area contributed by atoms with Crippen molar-refractivity contribution in [1.82, 2.24) is 4.98 Å². The number of carbonyl (C=O) groups is 1. The van der Waals surface area contributed by atoms with Crippen LogP contribution < -0.4 is 5.73 Å². The van der Waals surface area contributed by atoms with E-state index in [0.29, 0.717) is 6.42 Å². The molecule has 4 nitrogen and oxygen atoms in total. The predicted octanol–water partition coefficient (Wildman–Crippen LogP) is 1.15. The third-order valence-corrected chi connectivity index (χ3v) is 2.89. The summed E-state index contributed by atoms with van der Waals surface area (Å²) in [6.07, 6.45) is 3.88. The molecule has 89 valence electrons. The minimum absolute atomic E-state index is 0.486. The van der Waals surface area contributed by atoms with Gasteiger partial charge in [0.25, 0.3) is 0 Å². The molecule has 4 heteroatoms. The van der Waals surface area contributed by atoms with E-state index in [9.17, 15) is 9.90 Å². The van der Waals surface area contributed by atoms with Crippen LogP contribution in [0.25, 0.3) is 10.9 Å². The number of benzene rings is 1. The largest absolute Gasteiger partial charge is 0.380 e. The molecule has 17 heavy (non-hydrogen) atoms. The highest BCUT2D eigenvalue weighted by Gasteiger charge is 2.27. The minimum atomic E-state index is -1.57. The van der Waals surface area contributed by atoms with Gasteiger partial charge in [-0.15, -0.1) is 0 Å². The molecule has 0 spiro atoms. The van der Waals surface area contributed by atoms with Crippen LogP contribution in [-0.4, -0.2) is 21.6 Å². The molecule has 2 aromatic rings. The van der Waals surface area contributed by atoms with Crippen LogP contribution in [0.15, 0.2) is 30.5 Å². The maximum atomic E-state index is 11.0. The number of aromatic amines is 1. The molecule has 0 unspecified atom stereocenters. The van der Waals surface area contributed by atoms with E-state index in [2.05, 4.69) is 4.98 Å². The number of nitrogens with one attached hydrogen (secondary N) is 1. The standard InChI is InChI=1S/C13H15N2O2/c1-13(17,12(14)16)7-6-9-8-15-11-5-3-2-4-10(9)11/h2-5,7-8,15,17H,6H2,1H3,(H2,14,16)/t13-/m1/s1. The van der Waals surface area contributed by atoms with Gasteiger partial charge in [-0.3, -0.25) is 4.79 Å². The highest BCUT2D eigenvalue weighted by Crippen LogP contribution is 2.21. The van der Waals surface area contributed by atoms with Gasteiger partial charge in [-0.2, -0.15) is 0 Å². The van der Waals surface area contributed by atoms with Gasteiger partial charge in [0, 0.05) is 23.5 Å². The van der Waals surface area contributed by atoms with Crippen LogP contribution in [-0.2, 0) is 11.2 Å². The number of aromatic nitrogens is 1. The number of aliphatic hydroxyl groups is 1. The average Bonchev–Trinajstić information content (AvgIpc) is 2.69. The van der Waals surface area contributed by atoms with Crippen molar-refractivity contribution in [2.75, 3.05) is 0 Å². The summed E-state index contributed by atoms with van der Waals surface area (Å²) in [6.45, 7) is 1.39. The van der Waals surface area contributed by atoms with Crippen molar-refractivity contribution in [3.05, 3.63) is 42.4 Å². The molecule has 0 fully saturated rings. The van der Waals surface area contributed by atoms with Crippen molar-refractivity contribution < 1.29 is 9.90 Å². The number of hydrogen-bond donors (Lipinski definition) is 3. The van der Waals surface area contributed by atoms with Crippen LogP contribution in [0.1, 0.15) is 12.5 Å². The molecule has 0 aliphatic rings. The molecule has 1 atom stereocenters. The molecule has 0 saturated heterocycles. The number of H-pyrrole nitrogens is 1.